The molecule has 0 amide bonds. The van der Waals surface area contributed by atoms with E-state index in [0.29, 0.717) is 22.1 Å². The summed E-state index contributed by atoms with van der Waals surface area (Å²) in [4.78, 5) is 0. The van der Waals surface area contributed by atoms with Crippen LogP contribution in [0.4, 0.5) is 15.8 Å². The maximum atomic E-state index is 13.2. The van der Waals surface area contributed by atoms with Crippen molar-refractivity contribution in [2.75, 3.05) is 12.4 Å². The van der Waals surface area contributed by atoms with Crippen LogP contribution in [0.2, 0.25) is 5.02 Å². The van der Waals surface area contributed by atoms with Gasteiger partial charge in [0, 0.05) is 6.07 Å². The molecule has 0 unspecified atom stereocenters. The van der Waals surface area contributed by atoms with Crippen LogP contribution in [0.5, 0.6) is 5.75 Å². The molecule has 0 aromatic heterocycles. The zero-order chi connectivity index (χ0) is 12.3. The number of hydrogen-bond donors (Lipinski definition) is 1. The summed E-state index contributed by atoms with van der Waals surface area (Å²) in [6, 6.07) is 11.5. The number of para-hydroxylation sites is 1. The van der Waals surface area contributed by atoms with Crippen molar-refractivity contribution in [1.82, 2.24) is 0 Å². The smallest absolute Gasteiger partial charge is 0.142 e. The summed E-state index contributed by atoms with van der Waals surface area (Å²) in [6.07, 6.45) is 0. The molecule has 0 fully saturated rings. The quantitative estimate of drug-likeness (QED) is 0.881. The van der Waals surface area contributed by atoms with Gasteiger partial charge in [-0.15, -0.1) is 0 Å². The summed E-state index contributed by atoms with van der Waals surface area (Å²) in [5.41, 5.74) is 1.25. The Bertz CT molecular complexity index is 531. The average Bonchev–Trinajstić information content (AvgIpc) is 2.32. The Labute approximate surface area is 104 Å². The predicted octanol–water partition coefficient (Wildman–Crippen LogP) is 4.23. The van der Waals surface area contributed by atoms with Crippen LogP contribution in [-0.2, 0) is 0 Å². The molecule has 2 aromatic carbocycles. The highest BCUT2D eigenvalue weighted by atomic mass is 35.5. The van der Waals surface area contributed by atoms with E-state index in [-0.39, 0.29) is 5.82 Å². The van der Waals surface area contributed by atoms with E-state index in [2.05, 4.69) is 5.32 Å². The van der Waals surface area contributed by atoms with Gasteiger partial charge in [-0.05, 0) is 24.3 Å². The summed E-state index contributed by atoms with van der Waals surface area (Å²) >= 11 is 6.01. The van der Waals surface area contributed by atoms with Gasteiger partial charge < -0.3 is 10.1 Å². The minimum absolute atomic E-state index is 0.333. The minimum atomic E-state index is -0.333. The Morgan fingerprint density at radius 2 is 1.88 bits per heavy atom. The lowest BCUT2D eigenvalue weighted by atomic mass is 10.2. The fraction of sp³-hybridized carbons (Fsp3) is 0.0769. The Morgan fingerprint density at radius 3 is 2.59 bits per heavy atom. The second-order valence-corrected chi connectivity index (χ2v) is 3.86. The van der Waals surface area contributed by atoms with Gasteiger partial charge in [-0.1, -0.05) is 23.7 Å². The van der Waals surface area contributed by atoms with Crippen molar-refractivity contribution in [3.63, 3.8) is 0 Å². The maximum absolute atomic E-state index is 13.2. The first-order valence-corrected chi connectivity index (χ1v) is 5.43. The van der Waals surface area contributed by atoms with Crippen molar-refractivity contribution >= 4 is 23.0 Å². The van der Waals surface area contributed by atoms with Crippen LogP contribution in [0.25, 0.3) is 0 Å². The highest BCUT2D eigenvalue weighted by molar-refractivity contribution is 6.33. The highest BCUT2D eigenvalue weighted by Crippen LogP contribution is 2.31. The van der Waals surface area contributed by atoms with E-state index in [1.54, 1.807) is 12.1 Å². The lowest BCUT2D eigenvalue weighted by Crippen LogP contribution is -1.95. The van der Waals surface area contributed by atoms with Gasteiger partial charge in [0.2, 0.25) is 0 Å². The molecule has 0 aliphatic rings. The molecule has 2 nitrogen and oxygen atoms in total. The highest BCUT2D eigenvalue weighted by Gasteiger charge is 2.06. The van der Waals surface area contributed by atoms with Crippen LogP contribution in [-0.4, -0.2) is 7.11 Å². The Hall–Kier alpha value is -1.74. The Morgan fingerprint density at radius 1 is 1.12 bits per heavy atom. The first-order chi connectivity index (χ1) is 8.20. The van der Waals surface area contributed by atoms with E-state index in [1.165, 1.54) is 19.2 Å². The first kappa shape index (κ1) is 11.7. The summed E-state index contributed by atoms with van der Waals surface area (Å²) < 4.78 is 18.3. The average molecular weight is 252 g/mol. The fourth-order valence-corrected chi connectivity index (χ4v) is 1.67. The zero-order valence-electron chi connectivity index (χ0n) is 9.21. The molecule has 0 bridgehead atoms. The number of nitrogens with one attached hydrogen (secondary N) is 1. The van der Waals surface area contributed by atoms with Crippen molar-refractivity contribution in [1.29, 1.82) is 0 Å². The monoisotopic (exact) mass is 251 g/mol. The molecule has 88 valence electrons. The topological polar surface area (TPSA) is 21.3 Å². The second-order valence-electron chi connectivity index (χ2n) is 3.45. The van der Waals surface area contributed by atoms with Crippen molar-refractivity contribution in [2.45, 2.75) is 0 Å². The van der Waals surface area contributed by atoms with E-state index >= 15 is 0 Å². The van der Waals surface area contributed by atoms with E-state index in [9.17, 15) is 4.39 Å². The number of methoxy groups -OCH3 is 1. The van der Waals surface area contributed by atoms with Gasteiger partial charge in [0.05, 0.1) is 23.5 Å². The molecule has 17 heavy (non-hydrogen) atoms. The molecule has 0 heterocycles. The van der Waals surface area contributed by atoms with Crippen LogP contribution < -0.4 is 10.1 Å². The largest absolute Gasteiger partial charge is 0.495 e. The third-order valence-corrected chi connectivity index (χ3v) is 2.63. The molecule has 0 aliphatic carbocycles. The summed E-state index contributed by atoms with van der Waals surface area (Å²) in [5.74, 6) is 0.228. The van der Waals surface area contributed by atoms with Gasteiger partial charge in [-0.3, -0.25) is 0 Å². The van der Waals surface area contributed by atoms with Crippen molar-refractivity contribution < 1.29 is 9.13 Å². The van der Waals surface area contributed by atoms with Crippen molar-refractivity contribution in [3.05, 3.63) is 53.3 Å². The molecule has 2 aromatic rings. The molecule has 0 saturated heterocycles. The van der Waals surface area contributed by atoms with Gasteiger partial charge in [-0.2, -0.15) is 0 Å². The normalized spacial score (nSPS) is 10.1. The third kappa shape index (κ3) is 2.68. The Kier molecular flexibility index (Phi) is 3.49. The van der Waals surface area contributed by atoms with Crippen molar-refractivity contribution in [3.8, 4) is 5.75 Å². The molecule has 1 N–H and O–H groups in total. The van der Waals surface area contributed by atoms with Crippen LogP contribution in [0.1, 0.15) is 0 Å². The molecule has 2 rings (SSSR count). The van der Waals surface area contributed by atoms with Gasteiger partial charge in [0.1, 0.15) is 11.6 Å². The molecule has 0 radical (unpaired) electrons. The number of halogens is 2. The van der Waals surface area contributed by atoms with Gasteiger partial charge in [0.25, 0.3) is 0 Å². The molecular formula is C13H11ClFNO. The number of rotatable bonds is 3. The van der Waals surface area contributed by atoms with Gasteiger partial charge in [0.15, 0.2) is 0 Å². The van der Waals surface area contributed by atoms with E-state index in [0.717, 1.165) is 0 Å². The summed E-state index contributed by atoms with van der Waals surface area (Å²) in [6.45, 7) is 0. The Balaban J connectivity index is 2.35. The number of benzene rings is 2. The SMILES string of the molecule is COc1ccc(F)cc1Nc1ccccc1Cl. The van der Waals surface area contributed by atoms with Crippen LogP contribution in [0.3, 0.4) is 0 Å². The lowest BCUT2D eigenvalue weighted by molar-refractivity contribution is 0.416. The third-order valence-electron chi connectivity index (χ3n) is 2.30. The zero-order valence-corrected chi connectivity index (χ0v) is 9.96. The lowest BCUT2D eigenvalue weighted by Gasteiger charge is -2.12. The van der Waals surface area contributed by atoms with Crippen LogP contribution >= 0.6 is 11.6 Å². The molecular weight excluding hydrogens is 241 g/mol. The standard InChI is InChI=1S/C13H11ClFNO/c1-17-13-7-6-9(15)8-12(13)16-11-5-3-2-4-10(11)14/h2-8,16H,1H3. The summed E-state index contributed by atoms with van der Waals surface area (Å²) in [5, 5.41) is 3.60. The maximum Gasteiger partial charge on any atom is 0.142 e. The number of hydrogen-bond acceptors (Lipinski definition) is 2. The molecule has 0 atom stereocenters. The predicted molar refractivity (Wildman–Crippen MR) is 67.7 cm³/mol. The molecule has 4 heteroatoms. The van der Waals surface area contributed by atoms with E-state index in [1.807, 2.05) is 18.2 Å². The molecule has 0 aliphatic heterocycles. The van der Waals surface area contributed by atoms with E-state index in [4.69, 9.17) is 16.3 Å². The summed E-state index contributed by atoms with van der Waals surface area (Å²) in [7, 11) is 1.53. The van der Waals surface area contributed by atoms with Crippen LogP contribution in [0, 0.1) is 5.82 Å². The van der Waals surface area contributed by atoms with Gasteiger partial charge >= 0.3 is 0 Å². The van der Waals surface area contributed by atoms with Gasteiger partial charge in [-0.25, -0.2) is 4.39 Å². The molecule has 0 spiro atoms. The van der Waals surface area contributed by atoms with E-state index < -0.39 is 0 Å². The first-order valence-electron chi connectivity index (χ1n) is 5.06. The van der Waals surface area contributed by atoms with Crippen LogP contribution in [0.15, 0.2) is 42.5 Å². The van der Waals surface area contributed by atoms with Crippen molar-refractivity contribution in [2.24, 2.45) is 0 Å². The molecule has 0 saturated carbocycles. The second kappa shape index (κ2) is 5.06. The number of anilines is 2. The fourth-order valence-electron chi connectivity index (χ4n) is 1.49. The number of ether oxygens (including phenoxy) is 1. The minimum Gasteiger partial charge on any atom is -0.495 e.